The van der Waals surface area contributed by atoms with Gasteiger partial charge < -0.3 is 5.32 Å². The minimum Gasteiger partial charge on any atom is -0.349 e. The van der Waals surface area contributed by atoms with E-state index in [1.165, 1.54) is 0 Å². The first kappa shape index (κ1) is 14.3. The van der Waals surface area contributed by atoms with Gasteiger partial charge in [0.05, 0.1) is 12.5 Å². The van der Waals surface area contributed by atoms with Crippen molar-refractivity contribution < 1.29 is 4.79 Å². The summed E-state index contributed by atoms with van der Waals surface area (Å²) in [6.45, 7) is 4.13. The highest BCUT2D eigenvalue weighted by atomic mass is 16.1. The van der Waals surface area contributed by atoms with Crippen LogP contribution in [-0.4, -0.2) is 5.91 Å². The average Bonchev–Trinajstić information content (AvgIpc) is 2.48. The second-order valence-corrected chi connectivity index (χ2v) is 5.04. The summed E-state index contributed by atoms with van der Waals surface area (Å²) >= 11 is 0. The molecule has 0 fully saturated rings. The maximum atomic E-state index is 12.2. The van der Waals surface area contributed by atoms with Gasteiger partial charge in [-0.3, -0.25) is 4.79 Å². The molecule has 0 saturated carbocycles. The zero-order valence-electron chi connectivity index (χ0n) is 12.1. The molecule has 1 unspecified atom stereocenters. The quantitative estimate of drug-likeness (QED) is 0.877. The Hall–Kier alpha value is -2.09. The molecule has 0 heterocycles. The molecule has 1 N–H and O–H groups in total. The lowest BCUT2D eigenvalue weighted by atomic mass is 10.0. The number of hydrogen-bond donors (Lipinski definition) is 1. The monoisotopic (exact) mass is 267 g/mol. The van der Waals surface area contributed by atoms with Crippen LogP contribution in [-0.2, 0) is 11.2 Å². The van der Waals surface area contributed by atoms with Gasteiger partial charge in [-0.15, -0.1) is 0 Å². The van der Waals surface area contributed by atoms with Crippen LogP contribution < -0.4 is 5.32 Å². The fourth-order valence-electron chi connectivity index (χ4n) is 2.33. The van der Waals surface area contributed by atoms with E-state index in [4.69, 9.17) is 0 Å². The Labute approximate surface area is 120 Å². The molecule has 0 radical (unpaired) electrons. The van der Waals surface area contributed by atoms with Crippen molar-refractivity contribution in [1.82, 2.24) is 5.32 Å². The molecule has 0 aliphatic carbocycles. The van der Waals surface area contributed by atoms with Gasteiger partial charge in [0, 0.05) is 0 Å². The van der Waals surface area contributed by atoms with Gasteiger partial charge in [0.15, 0.2) is 0 Å². The molecule has 20 heavy (non-hydrogen) atoms. The highest BCUT2D eigenvalue weighted by Crippen LogP contribution is 2.16. The molecule has 104 valence electrons. The zero-order chi connectivity index (χ0) is 14.4. The Morgan fingerprint density at radius 3 is 2.35 bits per heavy atom. The predicted octanol–water partition coefficient (Wildman–Crippen LogP) is 3.81. The number of carbonyl (C=O) groups is 1. The summed E-state index contributed by atoms with van der Waals surface area (Å²) in [5.41, 5.74) is 3.41. The molecule has 0 aromatic heterocycles. The summed E-state index contributed by atoms with van der Waals surface area (Å²) in [6, 6.07) is 18.2. The van der Waals surface area contributed by atoms with Crippen LogP contribution in [0.15, 0.2) is 54.6 Å². The molecule has 1 amide bonds. The summed E-state index contributed by atoms with van der Waals surface area (Å²) in [5.74, 6) is 0.0787. The van der Waals surface area contributed by atoms with Crippen LogP contribution in [0, 0.1) is 6.92 Å². The lowest BCUT2D eigenvalue weighted by molar-refractivity contribution is -0.121. The van der Waals surface area contributed by atoms with Crippen molar-refractivity contribution in [1.29, 1.82) is 0 Å². The molecule has 0 aliphatic rings. The van der Waals surface area contributed by atoms with Crippen LogP contribution in [0.25, 0.3) is 0 Å². The number of amides is 1. The molecule has 2 heteroatoms. The van der Waals surface area contributed by atoms with Gasteiger partial charge in [-0.1, -0.05) is 61.5 Å². The van der Waals surface area contributed by atoms with Gasteiger partial charge in [0.25, 0.3) is 0 Å². The smallest absolute Gasteiger partial charge is 0.224 e. The van der Waals surface area contributed by atoms with Crippen molar-refractivity contribution in [3.63, 3.8) is 0 Å². The third-order valence-electron chi connectivity index (χ3n) is 3.56. The van der Waals surface area contributed by atoms with E-state index in [9.17, 15) is 4.79 Å². The predicted molar refractivity (Wildman–Crippen MR) is 82.5 cm³/mol. The fraction of sp³-hybridized carbons (Fsp3) is 0.278. The van der Waals surface area contributed by atoms with Crippen LogP contribution in [0.2, 0.25) is 0 Å². The summed E-state index contributed by atoms with van der Waals surface area (Å²) < 4.78 is 0. The summed E-state index contributed by atoms with van der Waals surface area (Å²) in [7, 11) is 0. The maximum absolute atomic E-state index is 12.2. The SMILES string of the molecule is CCC(NC(=O)Cc1ccccc1C)c1ccccc1. The largest absolute Gasteiger partial charge is 0.349 e. The van der Waals surface area contributed by atoms with E-state index in [1.54, 1.807) is 0 Å². The first-order valence-electron chi connectivity index (χ1n) is 7.09. The molecular formula is C18H21NO. The number of carbonyl (C=O) groups excluding carboxylic acids is 1. The molecular weight excluding hydrogens is 246 g/mol. The van der Waals surface area contributed by atoms with E-state index >= 15 is 0 Å². The fourth-order valence-corrected chi connectivity index (χ4v) is 2.33. The lowest BCUT2D eigenvalue weighted by Crippen LogP contribution is -2.29. The van der Waals surface area contributed by atoms with Crippen molar-refractivity contribution in [2.45, 2.75) is 32.7 Å². The Morgan fingerprint density at radius 2 is 1.70 bits per heavy atom. The average molecular weight is 267 g/mol. The number of aryl methyl sites for hydroxylation is 1. The van der Waals surface area contributed by atoms with E-state index in [0.29, 0.717) is 6.42 Å². The van der Waals surface area contributed by atoms with Crippen LogP contribution in [0.5, 0.6) is 0 Å². The summed E-state index contributed by atoms with van der Waals surface area (Å²) in [4.78, 5) is 12.2. The van der Waals surface area contributed by atoms with E-state index in [2.05, 4.69) is 24.4 Å². The lowest BCUT2D eigenvalue weighted by Gasteiger charge is -2.17. The molecule has 2 aromatic carbocycles. The third kappa shape index (κ3) is 3.70. The first-order valence-corrected chi connectivity index (χ1v) is 7.09. The van der Waals surface area contributed by atoms with Gasteiger partial charge in [0.1, 0.15) is 0 Å². The van der Waals surface area contributed by atoms with Crippen LogP contribution in [0.3, 0.4) is 0 Å². The molecule has 2 rings (SSSR count). The van der Waals surface area contributed by atoms with Crippen LogP contribution in [0.4, 0.5) is 0 Å². The standard InChI is InChI=1S/C18H21NO/c1-3-17(15-10-5-4-6-11-15)19-18(20)13-16-12-8-7-9-14(16)2/h4-12,17H,3,13H2,1-2H3,(H,19,20). The Kier molecular flexibility index (Phi) is 4.94. The number of nitrogens with one attached hydrogen (secondary N) is 1. The molecule has 1 atom stereocenters. The summed E-state index contributed by atoms with van der Waals surface area (Å²) in [6.07, 6.45) is 1.33. The van der Waals surface area contributed by atoms with Crippen molar-refractivity contribution in [3.05, 3.63) is 71.3 Å². The van der Waals surface area contributed by atoms with Gasteiger partial charge in [-0.25, -0.2) is 0 Å². The van der Waals surface area contributed by atoms with Crippen molar-refractivity contribution in [2.75, 3.05) is 0 Å². The molecule has 2 aromatic rings. The number of benzene rings is 2. The van der Waals surface area contributed by atoms with Crippen LogP contribution >= 0.6 is 0 Å². The van der Waals surface area contributed by atoms with E-state index in [1.807, 2.05) is 49.4 Å². The highest BCUT2D eigenvalue weighted by Gasteiger charge is 2.13. The topological polar surface area (TPSA) is 29.1 Å². The normalized spacial score (nSPS) is 11.9. The van der Waals surface area contributed by atoms with Crippen molar-refractivity contribution in [2.24, 2.45) is 0 Å². The van der Waals surface area contributed by atoms with Gasteiger partial charge in [-0.05, 0) is 30.0 Å². The van der Waals surface area contributed by atoms with E-state index in [0.717, 1.165) is 23.1 Å². The third-order valence-corrected chi connectivity index (χ3v) is 3.56. The van der Waals surface area contributed by atoms with E-state index in [-0.39, 0.29) is 11.9 Å². The van der Waals surface area contributed by atoms with Gasteiger partial charge in [-0.2, -0.15) is 0 Å². The molecule has 2 nitrogen and oxygen atoms in total. The minimum absolute atomic E-state index is 0.0787. The van der Waals surface area contributed by atoms with Crippen molar-refractivity contribution >= 4 is 5.91 Å². The number of hydrogen-bond acceptors (Lipinski definition) is 1. The van der Waals surface area contributed by atoms with Gasteiger partial charge >= 0.3 is 0 Å². The Morgan fingerprint density at radius 1 is 1.05 bits per heavy atom. The molecule has 0 saturated heterocycles. The Balaban J connectivity index is 2.02. The van der Waals surface area contributed by atoms with Crippen LogP contribution in [0.1, 0.15) is 36.1 Å². The highest BCUT2D eigenvalue weighted by molar-refractivity contribution is 5.79. The second kappa shape index (κ2) is 6.90. The maximum Gasteiger partial charge on any atom is 0.224 e. The molecule has 0 aliphatic heterocycles. The van der Waals surface area contributed by atoms with Gasteiger partial charge in [0.2, 0.25) is 5.91 Å². The first-order chi connectivity index (χ1) is 9.70. The minimum atomic E-state index is 0.0787. The second-order valence-electron chi connectivity index (χ2n) is 5.04. The summed E-state index contributed by atoms with van der Waals surface area (Å²) in [5, 5.41) is 3.12. The molecule has 0 bridgehead atoms. The number of rotatable bonds is 5. The van der Waals surface area contributed by atoms with E-state index < -0.39 is 0 Å². The van der Waals surface area contributed by atoms with Crippen molar-refractivity contribution in [3.8, 4) is 0 Å². The zero-order valence-corrected chi connectivity index (χ0v) is 12.1. The molecule has 0 spiro atoms. The Bertz CT molecular complexity index is 563.